The summed E-state index contributed by atoms with van der Waals surface area (Å²) in [6.07, 6.45) is -3.45. The van der Waals surface area contributed by atoms with Gasteiger partial charge in [0.25, 0.3) is 0 Å². The Morgan fingerprint density at radius 3 is 1.55 bits per heavy atom. The molecular weight excluding hydrogens is 148 g/mol. The van der Waals surface area contributed by atoms with Gasteiger partial charge in [0.15, 0.2) is 0 Å². The van der Waals surface area contributed by atoms with Crippen molar-refractivity contribution in [2.24, 2.45) is 0 Å². The summed E-state index contributed by atoms with van der Waals surface area (Å²) in [6, 6.07) is 0. The molecule has 0 amide bonds. The monoisotopic (exact) mass is 164 g/mol. The quantitative estimate of drug-likeness (QED) is 0.505. The average Bonchev–Trinajstić information content (AvgIpc) is 1.88. The van der Waals surface area contributed by atoms with Crippen molar-refractivity contribution in [3.05, 3.63) is 0 Å². The van der Waals surface area contributed by atoms with Gasteiger partial charge in [-0.05, 0) is 13.8 Å². The Morgan fingerprint density at radius 2 is 1.45 bits per heavy atom. The molecule has 0 aliphatic rings. The third-order valence-electron chi connectivity index (χ3n) is 1.58. The third kappa shape index (κ3) is 3.16. The molecule has 0 saturated heterocycles. The zero-order valence-electron chi connectivity index (χ0n) is 7.06. The fourth-order valence-electron chi connectivity index (χ4n) is 0.896. The molecule has 0 fully saturated rings. The Morgan fingerprint density at radius 1 is 1.00 bits per heavy atom. The van der Waals surface area contributed by atoms with Crippen molar-refractivity contribution < 1.29 is 20.1 Å². The highest BCUT2D eigenvalue weighted by atomic mass is 16.5. The van der Waals surface area contributed by atoms with Gasteiger partial charge in [0.2, 0.25) is 0 Å². The summed E-state index contributed by atoms with van der Waals surface area (Å²) in [4.78, 5) is 0. The molecule has 0 radical (unpaired) electrons. The van der Waals surface area contributed by atoms with Crippen LogP contribution in [0.4, 0.5) is 0 Å². The molecule has 0 aromatic heterocycles. The van der Waals surface area contributed by atoms with Crippen LogP contribution in [0.1, 0.15) is 13.8 Å². The van der Waals surface area contributed by atoms with E-state index in [1.165, 1.54) is 21.0 Å². The average molecular weight is 164 g/mol. The van der Waals surface area contributed by atoms with Gasteiger partial charge in [0, 0.05) is 7.11 Å². The minimum absolute atomic E-state index is 0.727. The number of rotatable bonds is 4. The van der Waals surface area contributed by atoms with Gasteiger partial charge in [-0.2, -0.15) is 0 Å². The molecule has 4 heteroatoms. The zero-order valence-corrected chi connectivity index (χ0v) is 7.06. The highest BCUT2D eigenvalue weighted by molar-refractivity contribution is 4.77. The molecular formula is C7H16O4. The summed E-state index contributed by atoms with van der Waals surface area (Å²) in [6.45, 7) is 2.94. The van der Waals surface area contributed by atoms with Crippen LogP contribution in [0.15, 0.2) is 0 Å². The van der Waals surface area contributed by atoms with Crippen molar-refractivity contribution in [2.75, 3.05) is 7.11 Å². The van der Waals surface area contributed by atoms with Crippen molar-refractivity contribution in [3.63, 3.8) is 0 Å². The summed E-state index contributed by atoms with van der Waals surface area (Å²) in [5.41, 5.74) is 0. The van der Waals surface area contributed by atoms with Crippen molar-refractivity contribution in [3.8, 4) is 0 Å². The van der Waals surface area contributed by atoms with Crippen LogP contribution >= 0.6 is 0 Å². The minimum Gasteiger partial charge on any atom is -0.391 e. The molecule has 0 heterocycles. The van der Waals surface area contributed by atoms with Crippen LogP contribution in [0.2, 0.25) is 0 Å². The number of methoxy groups -OCH3 is 1. The fraction of sp³-hybridized carbons (Fsp3) is 1.00. The number of hydrogen-bond donors (Lipinski definition) is 3. The molecule has 0 aromatic carbocycles. The van der Waals surface area contributed by atoms with E-state index in [-0.39, 0.29) is 0 Å². The van der Waals surface area contributed by atoms with E-state index in [4.69, 9.17) is 14.9 Å². The van der Waals surface area contributed by atoms with Gasteiger partial charge in [-0.15, -0.1) is 0 Å². The van der Waals surface area contributed by atoms with E-state index in [1.807, 2.05) is 0 Å². The van der Waals surface area contributed by atoms with E-state index in [1.54, 1.807) is 0 Å². The lowest BCUT2D eigenvalue weighted by atomic mass is 10.1. The predicted molar refractivity (Wildman–Crippen MR) is 40.2 cm³/mol. The van der Waals surface area contributed by atoms with Crippen LogP contribution in [0, 0.1) is 0 Å². The first kappa shape index (κ1) is 10.8. The first-order chi connectivity index (χ1) is 5.00. The van der Waals surface area contributed by atoms with Crippen LogP contribution in [-0.2, 0) is 4.74 Å². The van der Waals surface area contributed by atoms with Gasteiger partial charge in [0.1, 0.15) is 12.2 Å². The lowest BCUT2D eigenvalue weighted by Gasteiger charge is -2.25. The van der Waals surface area contributed by atoms with Crippen LogP contribution in [-0.4, -0.2) is 46.8 Å². The summed E-state index contributed by atoms with van der Waals surface area (Å²) < 4.78 is 4.77. The highest BCUT2D eigenvalue weighted by Crippen LogP contribution is 2.07. The maximum atomic E-state index is 9.22. The largest absolute Gasteiger partial charge is 0.391 e. The standard InChI is InChI=1S/C7H16O4/c1-4(8)6(10)7(11-3)5(2)9/h4-10H,1-3H3/t4-,5?,6?,7+/m0/s1. The number of ether oxygens (including phenoxy) is 1. The van der Waals surface area contributed by atoms with E-state index in [0.717, 1.165) is 0 Å². The zero-order chi connectivity index (χ0) is 9.02. The number of hydrogen-bond acceptors (Lipinski definition) is 4. The summed E-state index contributed by atoms with van der Waals surface area (Å²) in [5, 5.41) is 27.2. The summed E-state index contributed by atoms with van der Waals surface area (Å²) >= 11 is 0. The van der Waals surface area contributed by atoms with Crippen LogP contribution in [0.3, 0.4) is 0 Å². The van der Waals surface area contributed by atoms with E-state index in [9.17, 15) is 5.11 Å². The second kappa shape index (κ2) is 4.66. The maximum absolute atomic E-state index is 9.22. The Balaban J connectivity index is 4.02. The molecule has 0 spiro atoms. The first-order valence-corrected chi connectivity index (χ1v) is 3.57. The van der Waals surface area contributed by atoms with Gasteiger partial charge < -0.3 is 20.1 Å². The lowest BCUT2D eigenvalue weighted by molar-refractivity contribution is -0.111. The Bertz CT molecular complexity index is 103. The van der Waals surface area contributed by atoms with Crippen molar-refractivity contribution in [1.29, 1.82) is 0 Å². The van der Waals surface area contributed by atoms with Crippen molar-refractivity contribution in [1.82, 2.24) is 0 Å². The Kier molecular flexibility index (Phi) is 4.60. The second-order valence-corrected chi connectivity index (χ2v) is 2.67. The van der Waals surface area contributed by atoms with Crippen molar-refractivity contribution >= 4 is 0 Å². The highest BCUT2D eigenvalue weighted by Gasteiger charge is 2.26. The molecule has 0 aromatic rings. The SMILES string of the molecule is CO[C@H](C(C)O)C(O)[C@H](C)O. The van der Waals surface area contributed by atoms with Crippen LogP contribution in [0.25, 0.3) is 0 Å². The molecule has 0 saturated carbocycles. The molecule has 68 valence electrons. The van der Waals surface area contributed by atoms with Gasteiger partial charge in [-0.3, -0.25) is 0 Å². The third-order valence-corrected chi connectivity index (χ3v) is 1.58. The van der Waals surface area contributed by atoms with E-state index >= 15 is 0 Å². The van der Waals surface area contributed by atoms with Crippen LogP contribution < -0.4 is 0 Å². The molecule has 0 bridgehead atoms. The molecule has 11 heavy (non-hydrogen) atoms. The summed E-state index contributed by atoms with van der Waals surface area (Å²) in [7, 11) is 1.38. The van der Waals surface area contributed by atoms with Gasteiger partial charge in [-0.25, -0.2) is 0 Å². The molecule has 0 aliphatic heterocycles. The van der Waals surface area contributed by atoms with Crippen LogP contribution in [0.5, 0.6) is 0 Å². The van der Waals surface area contributed by atoms with E-state index in [2.05, 4.69) is 0 Å². The second-order valence-electron chi connectivity index (χ2n) is 2.67. The summed E-state index contributed by atoms with van der Waals surface area (Å²) in [5.74, 6) is 0. The molecule has 4 nitrogen and oxygen atoms in total. The van der Waals surface area contributed by atoms with Gasteiger partial charge >= 0.3 is 0 Å². The lowest BCUT2D eigenvalue weighted by Crippen LogP contribution is -2.43. The predicted octanol–water partition coefficient (Wildman–Crippen LogP) is -0.876. The van der Waals surface area contributed by atoms with Gasteiger partial charge in [-0.1, -0.05) is 0 Å². The Labute approximate surface area is 66.4 Å². The molecule has 0 aliphatic carbocycles. The topological polar surface area (TPSA) is 69.9 Å². The first-order valence-electron chi connectivity index (χ1n) is 3.57. The van der Waals surface area contributed by atoms with E-state index < -0.39 is 24.4 Å². The molecule has 4 atom stereocenters. The molecule has 0 rings (SSSR count). The minimum atomic E-state index is -1.04. The number of aliphatic hydroxyl groups is 3. The van der Waals surface area contributed by atoms with Crippen molar-refractivity contribution in [2.45, 2.75) is 38.3 Å². The Hall–Kier alpha value is -0.160. The fourth-order valence-corrected chi connectivity index (χ4v) is 0.896. The van der Waals surface area contributed by atoms with E-state index in [0.29, 0.717) is 0 Å². The molecule has 2 unspecified atom stereocenters. The molecule has 3 N–H and O–H groups in total. The van der Waals surface area contributed by atoms with Gasteiger partial charge in [0.05, 0.1) is 12.2 Å². The number of aliphatic hydroxyl groups excluding tert-OH is 3. The normalized spacial score (nSPS) is 22.4. The smallest absolute Gasteiger partial charge is 0.111 e. The maximum Gasteiger partial charge on any atom is 0.111 e.